The summed E-state index contributed by atoms with van der Waals surface area (Å²) in [4.78, 5) is 17.7. The van der Waals surface area contributed by atoms with E-state index in [1.165, 1.54) is 11.6 Å². The number of fused-ring (bicyclic) bond motifs is 1. The molecule has 2 N–H and O–H groups in total. The fraction of sp³-hybridized carbons (Fsp3) is 0.385. The van der Waals surface area contributed by atoms with Gasteiger partial charge in [-0.15, -0.1) is 0 Å². The number of alkyl halides is 2. The van der Waals surface area contributed by atoms with E-state index in [0.29, 0.717) is 47.5 Å². The standard InChI is InChI=1S/C26H30F2N8O3S/c1-15-13-20(30-16(2)29-15)32-21-14-18(31-17-9-5-6-10-19(17)35(3)40(4,37)38)23-25(33-21)36(26(34-23)24(27)28)22-11-7-8-12-39-22/h5-6,9-10,13-14,22,24H,7-8,11-12H2,1-4H3,(H2,29,30,31,32,33). The van der Waals surface area contributed by atoms with Crippen LogP contribution < -0.4 is 14.9 Å². The predicted molar refractivity (Wildman–Crippen MR) is 149 cm³/mol. The van der Waals surface area contributed by atoms with Crippen molar-refractivity contribution in [2.24, 2.45) is 0 Å². The number of aryl methyl sites for hydroxylation is 2. The molecule has 4 heterocycles. The SMILES string of the molecule is Cc1cc(Nc2cc(Nc3ccccc3N(C)S(C)(=O)=O)c3nc(C(F)F)n(C4CCCCO4)c3n2)nc(C)n1. The van der Waals surface area contributed by atoms with Gasteiger partial charge in [0, 0.05) is 31.5 Å². The molecular weight excluding hydrogens is 542 g/mol. The Hall–Kier alpha value is -3.91. The second kappa shape index (κ2) is 10.9. The minimum absolute atomic E-state index is 0.196. The van der Waals surface area contributed by atoms with Crippen molar-refractivity contribution in [3.8, 4) is 0 Å². The van der Waals surface area contributed by atoms with Crippen molar-refractivity contribution in [1.82, 2.24) is 24.5 Å². The third kappa shape index (κ3) is 5.68. The van der Waals surface area contributed by atoms with Crippen LogP contribution in [-0.2, 0) is 14.8 Å². The molecule has 1 fully saturated rings. The van der Waals surface area contributed by atoms with Crippen molar-refractivity contribution in [2.75, 3.05) is 34.8 Å². The quantitative estimate of drug-likeness (QED) is 0.287. The van der Waals surface area contributed by atoms with Gasteiger partial charge in [0.05, 0.1) is 23.3 Å². The molecular formula is C26H30F2N8O3S. The maximum absolute atomic E-state index is 14.3. The fourth-order valence-corrected chi connectivity index (χ4v) is 5.21. The summed E-state index contributed by atoms with van der Waals surface area (Å²) in [5, 5.41) is 6.38. The van der Waals surface area contributed by atoms with E-state index in [1.807, 2.05) is 6.92 Å². The van der Waals surface area contributed by atoms with Gasteiger partial charge < -0.3 is 15.4 Å². The van der Waals surface area contributed by atoms with Crippen molar-refractivity contribution >= 4 is 49.9 Å². The Kier molecular flexibility index (Phi) is 7.55. The molecule has 212 valence electrons. The zero-order chi connectivity index (χ0) is 28.6. The average Bonchev–Trinajstić information content (AvgIpc) is 3.28. The summed E-state index contributed by atoms with van der Waals surface area (Å²) in [6.07, 6.45) is -0.217. The highest BCUT2D eigenvalue weighted by Gasteiger charge is 2.29. The molecule has 0 radical (unpaired) electrons. The van der Waals surface area contributed by atoms with Crippen molar-refractivity contribution < 1.29 is 21.9 Å². The molecule has 11 nitrogen and oxygen atoms in total. The highest BCUT2D eigenvalue weighted by atomic mass is 32.2. The second-order valence-corrected chi connectivity index (χ2v) is 11.6. The first-order chi connectivity index (χ1) is 19.0. The summed E-state index contributed by atoms with van der Waals surface area (Å²) in [6.45, 7) is 4.05. The summed E-state index contributed by atoms with van der Waals surface area (Å²) in [7, 11) is -2.14. The lowest BCUT2D eigenvalue weighted by molar-refractivity contribution is -0.0363. The summed E-state index contributed by atoms with van der Waals surface area (Å²) >= 11 is 0. The molecule has 0 spiro atoms. The average molecular weight is 573 g/mol. The van der Waals surface area contributed by atoms with Gasteiger partial charge >= 0.3 is 0 Å². The highest BCUT2D eigenvalue weighted by molar-refractivity contribution is 7.92. The largest absolute Gasteiger partial charge is 0.358 e. The molecule has 1 saturated heterocycles. The number of hydrogen-bond acceptors (Lipinski definition) is 9. The summed E-state index contributed by atoms with van der Waals surface area (Å²) < 4.78 is 61.6. The van der Waals surface area contributed by atoms with Gasteiger partial charge in [-0.2, -0.15) is 0 Å². The van der Waals surface area contributed by atoms with Crippen molar-refractivity contribution in [3.05, 3.63) is 53.7 Å². The fourth-order valence-electron chi connectivity index (χ4n) is 4.69. The number of sulfonamides is 1. The minimum atomic E-state index is -3.58. The van der Waals surface area contributed by atoms with Crippen LogP contribution in [0.25, 0.3) is 11.2 Å². The lowest BCUT2D eigenvalue weighted by Gasteiger charge is -2.25. The van der Waals surface area contributed by atoms with Gasteiger partial charge in [-0.3, -0.25) is 8.87 Å². The molecule has 1 aromatic carbocycles. The lowest BCUT2D eigenvalue weighted by atomic mass is 10.2. The predicted octanol–water partition coefficient (Wildman–Crippen LogP) is 5.36. The number of nitrogens with one attached hydrogen (secondary N) is 2. The van der Waals surface area contributed by atoms with Gasteiger partial charge in [-0.05, 0) is 45.2 Å². The molecule has 3 aromatic heterocycles. The van der Waals surface area contributed by atoms with E-state index in [0.717, 1.165) is 29.1 Å². The molecule has 1 atom stereocenters. The molecule has 0 bridgehead atoms. The molecule has 14 heteroatoms. The third-order valence-corrected chi connectivity index (χ3v) is 7.74. The van der Waals surface area contributed by atoms with Gasteiger partial charge in [-0.25, -0.2) is 37.1 Å². The highest BCUT2D eigenvalue weighted by Crippen LogP contribution is 2.38. The van der Waals surface area contributed by atoms with E-state index >= 15 is 0 Å². The zero-order valence-electron chi connectivity index (χ0n) is 22.5. The molecule has 0 amide bonds. The molecule has 4 aromatic rings. The van der Waals surface area contributed by atoms with Crippen LogP contribution in [-0.4, -0.2) is 52.8 Å². The topological polar surface area (TPSA) is 127 Å². The number of ether oxygens (including phenoxy) is 1. The van der Waals surface area contributed by atoms with E-state index in [-0.39, 0.29) is 11.2 Å². The van der Waals surface area contributed by atoms with Gasteiger partial charge in [0.2, 0.25) is 10.0 Å². The van der Waals surface area contributed by atoms with Crippen molar-refractivity contribution in [3.63, 3.8) is 0 Å². The maximum atomic E-state index is 14.3. The number of para-hydroxylation sites is 2. The summed E-state index contributed by atoms with van der Waals surface area (Å²) in [5.74, 6) is 0.901. The van der Waals surface area contributed by atoms with Crippen LogP contribution in [0.5, 0.6) is 0 Å². The number of pyridine rings is 1. The van der Waals surface area contributed by atoms with Crippen LogP contribution in [0.1, 0.15) is 49.3 Å². The van der Waals surface area contributed by atoms with E-state index in [4.69, 9.17) is 4.74 Å². The number of anilines is 5. The Morgan fingerprint density at radius 3 is 2.45 bits per heavy atom. The number of aromatic nitrogens is 5. The zero-order valence-corrected chi connectivity index (χ0v) is 23.3. The Balaban J connectivity index is 1.69. The first kappa shape index (κ1) is 27.6. The van der Waals surface area contributed by atoms with Gasteiger partial charge in [-0.1, -0.05) is 12.1 Å². The number of rotatable bonds is 8. The Morgan fingerprint density at radius 2 is 1.77 bits per heavy atom. The number of halogens is 2. The first-order valence-electron chi connectivity index (χ1n) is 12.7. The van der Waals surface area contributed by atoms with Crippen molar-refractivity contribution in [1.29, 1.82) is 0 Å². The summed E-state index contributed by atoms with van der Waals surface area (Å²) in [5.41, 5.74) is 2.29. The van der Waals surface area contributed by atoms with E-state index in [9.17, 15) is 17.2 Å². The smallest absolute Gasteiger partial charge is 0.295 e. The van der Waals surface area contributed by atoms with E-state index in [2.05, 4.69) is 30.6 Å². The minimum Gasteiger partial charge on any atom is -0.358 e. The molecule has 1 aliphatic heterocycles. The Labute approximate surface area is 230 Å². The number of hydrogen-bond donors (Lipinski definition) is 2. The van der Waals surface area contributed by atoms with Gasteiger partial charge in [0.1, 0.15) is 29.2 Å². The van der Waals surface area contributed by atoms with Crippen LogP contribution in [0.4, 0.5) is 37.5 Å². The molecule has 1 aliphatic rings. The number of imidazole rings is 1. The van der Waals surface area contributed by atoms with Crippen LogP contribution >= 0.6 is 0 Å². The summed E-state index contributed by atoms with van der Waals surface area (Å²) in [6, 6.07) is 10.2. The second-order valence-electron chi connectivity index (χ2n) is 9.63. The van der Waals surface area contributed by atoms with Crippen LogP contribution in [0.15, 0.2) is 36.4 Å². The molecule has 0 saturated carbocycles. The van der Waals surface area contributed by atoms with Crippen molar-refractivity contribution in [2.45, 2.75) is 45.8 Å². The maximum Gasteiger partial charge on any atom is 0.295 e. The normalized spacial score (nSPS) is 15.9. The van der Waals surface area contributed by atoms with Gasteiger partial charge in [0.25, 0.3) is 6.43 Å². The monoisotopic (exact) mass is 572 g/mol. The van der Waals surface area contributed by atoms with Crippen LogP contribution in [0.3, 0.4) is 0 Å². The molecule has 0 aliphatic carbocycles. The Bertz CT molecular complexity index is 1640. The molecule has 40 heavy (non-hydrogen) atoms. The first-order valence-corrected chi connectivity index (χ1v) is 14.6. The third-order valence-electron chi connectivity index (χ3n) is 6.55. The van der Waals surface area contributed by atoms with Crippen LogP contribution in [0.2, 0.25) is 0 Å². The number of nitrogens with zero attached hydrogens (tertiary/aromatic N) is 6. The van der Waals surface area contributed by atoms with Gasteiger partial charge in [0.15, 0.2) is 11.5 Å². The lowest BCUT2D eigenvalue weighted by Crippen LogP contribution is -2.25. The number of benzene rings is 1. The van der Waals surface area contributed by atoms with E-state index in [1.54, 1.807) is 43.3 Å². The molecule has 5 rings (SSSR count). The molecule has 1 unspecified atom stereocenters. The van der Waals surface area contributed by atoms with Crippen LogP contribution in [0, 0.1) is 13.8 Å². The Morgan fingerprint density at radius 1 is 1.02 bits per heavy atom. The van der Waals surface area contributed by atoms with E-state index < -0.39 is 28.5 Å².